The van der Waals surface area contributed by atoms with Crippen molar-refractivity contribution in [2.24, 2.45) is 0 Å². The van der Waals surface area contributed by atoms with Crippen molar-refractivity contribution < 1.29 is 45.4 Å². The number of halogens is 2. The van der Waals surface area contributed by atoms with Crippen molar-refractivity contribution in [2.45, 2.75) is 4.86 Å². The van der Waals surface area contributed by atoms with Crippen LogP contribution in [0.15, 0.2) is 0 Å². The minimum absolute atomic E-state index is 0. The van der Waals surface area contributed by atoms with E-state index in [1.54, 1.807) is 0 Å². The van der Waals surface area contributed by atoms with E-state index in [2.05, 4.69) is 4.52 Å². The zero-order chi connectivity index (χ0) is 9.99. The summed E-state index contributed by atoms with van der Waals surface area (Å²) in [5.41, 5.74) is 0. The van der Waals surface area contributed by atoms with Gasteiger partial charge >= 0.3 is 17.1 Å². The first-order valence-corrected chi connectivity index (χ1v) is 6.58. The van der Waals surface area contributed by atoms with E-state index in [-0.39, 0.29) is 17.1 Å². The van der Waals surface area contributed by atoms with Gasteiger partial charge in [0.25, 0.3) is 0 Å². The smallest absolute Gasteiger partial charge is 0.809 e. The quantitative estimate of drug-likeness (QED) is 0.381. The fourth-order valence-corrected chi connectivity index (χ4v) is 2.72. The molecule has 79 valence electrons. The molecule has 0 saturated carbocycles. The predicted octanol–water partition coefficient (Wildman–Crippen LogP) is -0.814. The van der Waals surface area contributed by atoms with Crippen LogP contribution in [0.1, 0.15) is 0 Å². The molecule has 11 heteroatoms. The summed E-state index contributed by atoms with van der Waals surface area (Å²) in [4.78, 5) is 28.2. The zero-order valence-corrected chi connectivity index (χ0v) is 10.1. The molecule has 13 heavy (non-hydrogen) atoms. The first-order chi connectivity index (χ1) is 5.22. The molecule has 0 N–H and O–H groups in total. The number of hydrogen-bond donors (Lipinski definition) is 0. The maximum atomic E-state index is 10.6. The average Bonchev–Trinajstić information content (AvgIpc) is 1.84. The van der Waals surface area contributed by atoms with Gasteiger partial charge in [0.1, 0.15) is 10.9 Å². The normalized spacial score (nSPS) is 18.5. The fraction of sp³-hybridized carbons (Fsp3) is 1.00. The van der Waals surface area contributed by atoms with Crippen LogP contribution in [0.5, 0.6) is 0 Å². The fourth-order valence-electron chi connectivity index (χ4n) is 0.303. The third-order valence-corrected chi connectivity index (χ3v) is 5.68. The SMILES string of the molecule is O=P([O-])([O-])C(Cl)P(=O)([O-])OCCl.[Fe+3]. The van der Waals surface area contributed by atoms with Gasteiger partial charge in [0.15, 0.2) is 7.60 Å². The van der Waals surface area contributed by atoms with Crippen LogP contribution in [-0.4, -0.2) is 10.9 Å². The first kappa shape index (κ1) is 16.8. The summed E-state index contributed by atoms with van der Waals surface area (Å²) in [5.74, 6) is 0. The Morgan fingerprint density at radius 2 is 1.69 bits per heavy atom. The van der Waals surface area contributed by atoms with Crippen molar-refractivity contribution in [3.05, 3.63) is 0 Å². The monoisotopic (exact) mass is 311 g/mol. The van der Waals surface area contributed by atoms with E-state index in [0.29, 0.717) is 0 Å². The van der Waals surface area contributed by atoms with E-state index >= 15 is 0 Å². The third-order valence-electron chi connectivity index (χ3n) is 0.751. The molecule has 0 aromatic carbocycles. The van der Waals surface area contributed by atoms with E-state index < -0.39 is 26.1 Å². The Balaban J connectivity index is 0. The second-order valence-corrected chi connectivity index (χ2v) is 6.75. The van der Waals surface area contributed by atoms with E-state index in [0.717, 1.165) is 0 Å². The Kier molecular flexibility index (Phi) is 7.87. The molecule has 1 radical (unpaired) electrons. The standard InChI is InChI=1S/C2H6Cl2O6P2.Fe/c3-1-10-12(8,9)2(4)11(5,6)7;/h2H,1H2,(H,8,9)(H2,5,6,7);/q;+3/p-3. The molecule has 6 nitrogen and oxygen atoms in total. The molecule has 0 fully saturated rings. The van der Waals surface area contributed by atoms with Crippen molar-refractivity contribution in [3.63, 3.8) is 0 Å². The van der Waals surface area contributed by atoms with Crippen molar-refractivity contribution in [1.82, 2.24) is 0 Å². The van der Waals surface area contributed by atoms with E-state index in [1.165, 1.54) is 0 Å². The Morgan fingerprint density at radius 3 is 1.92 bits per heavy atom. The second kappa shape index (κ2) is 6.09. The molecule has 0 aliphatic rings. The Bertz CT molecular complexity index is 241. The van der Waals surface area contributed by atoms with Crippen LogP contribution in [0.25, 0.3) is 0 Å². The van der Waals surface area contributed by atoms with Gasteiger partial charge in [0.05, 0.1) is 0 Å². The van der Waals surface area contributed by atoms with Gasteiger partial charge in [-0.25, -0.2) is 0 Å². The van der Waals surface area contributed by atoms with Gasteiger partial charge in [-0.2, -0.15) is 0 Å². The van der Waals surface area contributed by atoms with E-state index in [1.807, 2.05) is 0 Å². The van der Waals surface area contributed by atoms with Crippen molar-refractivity contribution in [3.8, 4) is 0 Å². The van der Waals surface area contributed by atoms with Gasteiger partial charge in [-0.05, 0) is 7.60 Å². The molecule has 0 rings (SSSR count). The Labute approximate surface area is 94.7 Å². The van der Waals surface area contributed by atoms with Crippen LogP contribution >= 0.6 is 38.4 Å². The van der Waals surface area contributed by atoms with Gasteiger partial charge in [-0.3, -0.25) is 0 Å². The van der Waals surface area contributed by atoms with Gasteiger partial charge in [-0.15, -0.1) is 11.6 Å². The molecule has 2 atom stereocenters. The predicted molar refractivity (Wildman–Crippen MR) is 36.7 cm³/mol. The van der Waals surface area contributed by atoms with Gasteiger partial charge in [0.2, 0.25) is 0 Å². The summed E-state index contributed by atoms with van der Waals surface area (Å²) in [6, 6.07) is -0.788. The molecule has 0 aliphatic heterocycles. The summed E-state index contributed by atoms with van der Waals surface area (Å²) in [6.45, 7) is 0. The van der Waals surface area contributed by atoms with Crippen molar-refractivity contribution in [2.75, 3.05) is 6.07 Å². The molecule has 0 saturated heterocycles. The molecule has 2 unspecified atom stereocenters. The number of alkyl halides is 2. The van der Waals surface area contributed by atoms with Crippen molar-refractivity contribution >= 4 is 38.4 Å². The van der Waals surface area contributed by atoms with Crippen LogP contribution in [0.4, 0.5) is 0 Å². The van der Waals surface area contributed by atoms with Gasteiger partial charge < -0.3 is 28.3 Å². The van der Waals surface area contributed by atoms with Gasteiger partial charge in [0, 0.05) is 0 Å². The average molecular weight is 312 g/mol. The van der Waals surface area contributed by atoms with Crippen LogP contribution in [0.3, 0.4) is 0 Å². The first-order valence-electron chi connectivity index (χ1n) is 2.39. The summed E-state index contributed by atoms with van der Waals surface area (Å²) in [7, 11) is -10.3. The third kappa shape index (κ3) is 5.75. The van der Waals surface area contributed by atoms with Crippen LogP contribution in [-0.2, 0) is 30.7 Å². The van der Waals surface area contributed by atoms with E-state index in [4.69, 9.17) is 23.2 Å². The zero-order valence-electron chi connectivity index (χ0n) is 5.74. The molecule has 0 amide bonds. The summed E-state index contributed by atoms with van der Waals surface area (Å²) >= 11 is 9.61. The molecule has 0 spiro atoms. The molecule has 0 bridgehead atoms. The number of rotatable bonds is 4. The van der Waals surface area contributed by atoms with Crippen LogP contribution < -0.4 is 14.7 Å². The Hall–Kier alpha value is 1.40. The molecular weight excluding hydrogens is 309 g/mol. The Morgan fingerprint density at radius 1 is 1.31 bits per heavy atom. The van der Waals surface area contributed by atoms with Crippen LogP contribution in [0, 0.1) is 0 Å². The summed E-state index contributed by atoms with van der Waals surface area (Å²) < 4.78 is 24.5. The van der Waals surface area contributed by atoms with Crippen molar-refractivity contribution in [1.29, 1.82) is 0 Å². The van der Waals surface area contributed by atoms with Gasteiger partial charge in [-0.1, -0.05) is 11.6 Å². The summed E-state index contributed by atoms with van der Waals surface area (Å²) in [5, 5.41) is 0. The largest absolute Gasteiger partial charge is 3.00 e. The molecule has 0 aliphatic carbocycles. The molecule has 0 aromatic heterocycles. The number of hydrogen-bond acceptors (Lipinski definition) is 6. The minimum atomic E-state index is -5.40. The molecule has 0 heterocycles. The minimum Gasteiger partial charge on any atom is -0.809 e. The maximum absolute atomic E-state index is 10.6. The molecule has 0 aromatic rings. The molecular formula is C2H3Cl2FeO6P2. The summed E-state index contributed by atoms with van der Waals surface area (Å²) in [6.07, 6.45) is 0. The topological polar surface area (TPSA) is 113 Å². The maximum Gasteiger partial charge on any atom is 3.00 e. The van der Waals surface area contributed by atoms with E-state index in [9.17, 15) is 23.8 Å². The second-order valence-electron chi connectivity index (χ2n) is 1.63. The van der Waals surface area contributed by atoms with Crippen LogP contribution in [0.2, 0.25) is 0 Å².